The Morgan fingerprint density at radius 2 is 1.90 bits per heavy atom. The Hall–Kier alpha value is -1.00. The number of nitrogens with one attached hydrogen (secondary N) is 1. The van der Waals surface area contributed by atoms with Crippen LogP contribution in [-0.2, 0) is 11.3 Å². The summed E-state index contributed by atoms with van der Waals surface area (Å²) in [6.07, 6.45) is 8.92. The van der Waals surface area contributed by atoms with Crippen LogP contribution in [0.5, 0.6) is 0 Å². The zero-order valence-electron chi connectivity index (χ0n) is 13.0. The van der Waals surface area contributed by atoms with E-state index in [1.165, 1.54) is 25.7 Å². The van der Waals surface area contributed by atoms with Crippen LogP contribution in [-0.4, -0.2) is 30.2 Å². The van der Waals surface area contributed by atoms with E-state index in [0.29, 0.717) is 11.3 Å². The van der Waals surface area contributed by atoms with Gasteiger partial charge in [0.05, 0.1) is 6.61 Å². The van der Waals surface area contributed by atoms with Crippen LogP contribution in [0.4, 0.5) is 0 Å². The largest absolute Gasteiger partial charge is 0.383 e. The highest BCUT2D eigenvalue weighted by Crippen LogP contribution is 2.41. The van der Waals surface area contributed by atoms with E-state index in [4.69, 9.17) is 4.74 Å². The van der Waals surface area contributed by atoms with Gasteiger partial charge in [0.25, 0.3) is 0 Å². The van der Waals surface area contributed by atoms with Gasteiger partial charge in [-0.3, -0.25) is 0 Å². The minimum atomic E-state index is 0.502. The van der Waals surface area contributed by atoms with Gasteiger partial charge in [-0.25, -0.2) is 9.97 Å². The molecule has 0 radical (unpaired) electrons. The second kappa shape index (κ2) is 7.14. The summed E-state index contributed by atoms with van der Waals surface area (Å²) < 4.78 is 5.00. The van der Waals surface area contributed by atoms with Crippen LogP contribution >= 0.6 is 0 Å². The molecule has 0 aromatic carbocycles. The van der Waals surface area contributed by atoms with Crippen molar-refractivity contribution in [1.82, 2.24) is 15.3 Å². The number of nitrogens with zero attached hydrogens (tertiary/aromatic N) is 2. The summed E-state index contributed by atoms with van der Waals surface area (Å²) in [6, 6.07) is 0. The Morgan fingerprint density at radius 1 is 1.25 bits per heavy atom. The Morgan fingerprint density at radius 3 is 2.50 bits per heavy atom. The average molecular weight is 277 g/mol. The van der Waals surface area contributed by atoms with E-state index in [2.05, 4.69) is 29.1 Å². The van der Waals surface area contributed by atoms with Gasteiger partial charge >= 0.3 is 0 Å². The van der Waals surface area contributed by atoms with Crippen LogP contribution in [0.25, 0.3) is 0 Å². The molecule has 2 rings (SSSR count). The molecule has 4 heteroatoms. The SMILES string of the molecule is COCCNCc1cnc(C2CCC(C)(C)CC2)nc1. The van der Waals surface area contributed by atoms with Crippen molar-refractivity contribution in [2.75, 3.05) is 20.3 Å². The summed E-state index contributed by atoms with van der Waals surface area (Å²) in [5.41, 5.74) is 1.64. The summed E-state index contributed by atoms with van der Waals surface area (Å²) >= 11 is 0. The molecule has 1 saturated carbocycles. The fourth-order valence-corrected chi connectivity index (χ4v) is 2.73. The summed E-state index contributed by atoms with van der Waals surface area (Å²) in [7, 11) is 1.71. The average Bonchev–Trinajstić information content (AvgIpc) is 2.45. The summed E-state index contributed by atoms with van der Waals surface area (Å²) in [5.74, 6) is 1.58. The smallest absolute Gasteiger partial charge is 0.131 e. The van der Waals surface area contributed by atoms with Gasteiger partial charge in [-0.1, -0.05) is 13.8 Å². The minimum Gasteiger partial charge on any atom is -0.383 e. The van der Waals surface area contributed by atoms with Crippen molar-refractivity contribution in [1.29, 1.82) is 0 Å². The molecule has 0 atom stereocenters. The molecule has 112 valence electrons. The molecule has 20 heavy (non-hydrogen) atoms. The zero-order chi connectivity index (χ0) is 14.4. The molecule has 1 aliphatic carbocycles. The number of ether oxygens (including phenoxy) is 1. The first-order valence-electron chi connectivity index (χ1n) is 7.61. The lowest BCUT2D eigenvalue weighted by atomic mass is 9.73. The molecule has 0 amide bonds. The maximum Gasteiger partial charge on any atom is 0.131 e. The molecule has 0 saturated heterocycles. The lowest BCUT2D eigenvalue weighted by molar-refractivity contribution is 0.199. The Balaban J connectivity index is 1.82. The molecule has 1 N–H and O–H groups in total. The molecule has 1 aromatic heterocycles. The van der Waals surface area contributed by atoms with Crippen molar-refractivity contribution in [3.63, 3.8) is 0 Å². The lowest BCUT2D eigenvalue weighted by Gasteiger charge is -2.33. The van der Waals surface area contributed by atoms with Crippen molar-refractivity contribution >= 4 is 0 Å². The number of hydrogen-bond donors (Lipinski definition) is 1. The van der Waals surface area contributed by atoms with Gasteiger partial charge in [-0.05, 0) is 31.1 Å². The van der Waals surface area contributed by atoms with Crippen LogP contribution in [0.1, 0.15) is 56.8 Å². The third-order valence-corrected chi connectivity index (χ3v) is 4.24. The zero-order valence-corrected chi connectivity index (χ0v) is 13.0. The second-order valence-corrected chi connectivity index (χ2v) is 6.56. The minimum absolute atomic E-state index is 0.502. The number of rotatable bonds is 6. The van der Waals surface area contributed by atoms with Gasteiger partial charge in [0.2, 0.25) is 0 Å². The Labute approximate surface area is 122 Å². The van der Waals surface area contributed by atoms with Gasteiger partial charge in [0.1, 0.15) is 5.82 Å². The van der Waals surface area contributed by atoms with Crippen LogP contribution in [0.3, 0.4) is 0 Å². The van der Waals surface area contributed by atoms with Gasteiger partial charge in [0, 0.05) is 44.1 Å². The highest BCUT2D eigenvalue weighted by atomic mass is 16.5. The maximum absolute atomic E-state index is 5.00. The van der Waals surface area contributed by atoms with Crippen LogP contribution < -0.4 is 5.32 Å². The monoisotopic (exact) mass is 277 g/mol. The maximum atomic E-state index is 5.00. The highest BCUT2D eigenvalue weighted by Gasteiger charge is 2.28. The number of aromatic nitrogens is 2. The molecule has 1 aromatic rings. The first-order valence-corrected chi connectivity index (χ1v) is 7.61. The molecule has 0 bridgehead atoms. The molecule has 0 unspecified atom stereocenters. The Bertz CT molecular complexity index is 393. The predicted octanol–water partition coefficient (Wildman–Crippen LogP) is 2.90. The van der Waals surface area contributed by atoms with E-state index in [1.807, 2.05) is 12.4 Å². The third-order valence-electron chi connectivity index (χ3n) is 4.24. The summed E-state index contributed by atoms with van der Waals surface area (Å²) in [5, 5.41) is 3.31. The van der Waals surface area contributed by atoms with Gasteiger partial charge in [0.15, 0.2) is 0 Å². The topological polar surface area (TPSA) is 47.0 Å². The van der Waals surface area contributed by atoms with Crippen molar-refractivity contribution in [2.45, 2.75) is 52.0 Å². The van der Waals surface area contributed by atoms with Gasteiger partial charge < -0.3 is 10.1 Å². The molecule has 0 aliphatic heterocycles. The third kappa shape index (κ3) is 4.53. The van der Waals surface area contributed by atoms with Crippen molar-refractivity contribution in [3.8, 4) is 0 Å². The van der Waals surface area contributed by atoms with Crippen molar-refractivity contribution in [2.24, 2.45) is 5.41 Å². The Kier molecular flexibility index (Phi) is 5.49. The molecular formula is C16H27N3O. The van der Waals surface area contributed by atoms with E-state index < -0.39 is 0 Å². The van der Waals surface area contributed by atoms with Crippen molar-refractivity contribution < 1.29 is 4.74 Å². The molecule has 0 spiro atoms. The summed E-state index contributed by atoms with van der Waals surface area (Å²) in [6.45, 7) is 7.12. The van der Waals surface area contributed by atoms with E-state index in [0.717, 1.165) is 31.1 Å². The number of hydrogen-bond acceptors (Lipinski definition) is 4. The quantitative estimate of drug-likeness (QED) is 0.812. The predicted molar refractivity (Wildman–Crippen MR) is 80.6 cm³/mol. The molecule has 1 heterocycles. The molecule has 1 fully saturated rings. The second-order valence-electron chi connectivity index (χ2n) is 6.56. The molecule has 1 aliphatic rings. The van der Waals surface area contributed by atoms with E-state index in [-0.39, 0.29) is 0 Å². The fraction of sp³-hybridized carbons (Fsp3) is 0.750. The van der Waals surface area contributed by atoms with Gasteiger partial charge in [-0.15, -0.1) is 0 Å². The number of methoxy groups -OCH3 is 1. The standard InChI is InChI=1S/C16H27N3O/c1-16(2)6-4-14(5-7-16)15-18-11-13(12-19-15)10-17-8-9-20-3/h11-12,14,17H,4-10H2,1-3H3. The summed E-state index contributed by atoms with van der Waals surface area (Å²) in [4.78, 5) is 9.13. The van der Waals surface area contributed by atoms with Crippen LogP contribution in [0.15, 0.2) is 12.4 Å². The normalized spacial score (nSPS) is 19.1. The van der Waals surface area contributed by atoms with Crippen molar-refractivity contribution in [3.05, 3.63) is 23.8 Å². The first-order chi connectivity index (χ1) is 9.61. The molecule has 4 nitrogen and oxygen atoms in total. The first kappa shape index (κ1) is 15.4. The highest BCUT2D eigenvalue weighted by molar-refractivity contribution is 5.08. The van der Waals surface area contributed by atoms with E-state index in [1.54, 1.807) is 7.11 Å². The lowest BCUT2D eigenvalue weighted by Crippen LogP contribution is -2.22. The van der Waals surface area contributed by atoms with Crippen LogP contribution in [0.2, 0.25) is 0 Å². The van der Waals surface area contributed by atoms with E-state index >= 15 is 0 Å². The van der Waals surface area contributed by atoms with Crippen LogP contribution in [0, 0.1) is 5.41 Å². The van der Waals surface area contributed by atoms with Gasteiger partial charge in [-0.2, -0.15) is 0 Å². The fourth-order valence-electron chi connectivity index (χ4n) is 2.73. The van der Waals surface area contributed by atoms with E-state index in [9.17, 15) is 0 Å². The molecular weight excluding hydrogens is 250 g/mol.